The third-order valence-corrected chi connectivity index (χ3v) is 9.93. The molecule has 6 rings (SSSR count). The minimum absolute atomic E-state index is 0.0765. The van der Waals surface area contributed by atoms with E-state index in [9.17, 15) is 37.8 Å². The van der Waals surface area contributed by atoms with Crippen molar-refractivity contribution in [3.05, 3.63) is 57.7 Å². The molecule has 2 saturated heterocycles. The lowest BCUT2D eigenvalue weighted by Crippen LogP contribution is -2.51. The number of rotatable bonds is 5. The quantitative estimate of drug-likeness (QED) is 0.407. The zero-order chi connectivity index (χ0) is 33.4. The van der Waals surface area contributed by atoms with Crippen molar-refractivity contribution in [3.8, 4) is 5.69 Å². The van der Waals surface area contributed by atoms with Crippen molar-refractivity contribution in [1.29, 1.82) is 0 Å². The van der Waals surface area contributed by atoms with Gasteiger partial charge in [-0.2, -0.15) is 13.2 Å². The van der Waals surface area contributed by atoms with Gasteiger partial charge in [0.05, 0.1) is 53.7 Å². The van der Waals surface area contributed by atoms with Crippen LogP contribution in [0.2, 0.25) is 5.15 Å². The van der Waals surface area contributed by atoms with Crippen molar-refractivity contribution in [2.75, 3.05) is 26.2 Å². The number of benzene rings is 1. The normalized spacial score (nSPS) is 25.9. The number of ether oxygens (including phenoxy) is 1. The number of likely N-dealkylation sites (tertiary alicyclic amines) is 1. The Morgan fingerprint density at radius 3 is 2.37 bits per heavy atom. The van der Waals surface area contributed by atoms with Crippen LogP contribution in [-0.4, -0.2) is 89.8 Å². The van der Waals surface area contributed by atoms with Gasteiger partial charge in [0.2, 0.25) is 5.91 Å². The average Bonchev–Trinajstić information content (AvgIpc) is 3.59. The van der Waals surface area contributed by atoms with Crippen LogP contribution in [0.3, 0.4) is 0 Å². The first-order valence-corrected chi connectivity index (χ1v) is 15.4. The highest BCUT2D eigenvalue weighted by atomic mass is 35.5. The first-order chi connectivity index (χ1) is 21.4. The second kappa shape index (κ2) is 11.0. The predicted octanol–water partition coefficient (Wildman–Crippen LogP) is 4.61. The molecule has 0 radical (unpaired) electrons. The molecule has 11 nitrogen and oxygen atoms in total. The summed E-state index contributed by atoms with van der Waals surface area (Å²) in [6, 6.07) is 8.06. The molecular formula is C31H35ClF3N5O6. The van der Waals surface area contributed by atoms with E-state index in [0.717, 1.165) is 5.56 Å². The van der Waals surface area contributed by atoms with Gasteiger partial charge >= 0.3 is 12.3 Å². The molecule has 0 unspecified atom stereocenters. The van der Waals surface area contributed by atoms with Gasteiger partial charge in [-0.1, -0.05) is 30.7 Å². The van der Waals surface area contributed by atoms with E-state index in [1.54, 1.807) is 28.8 Å². The van der Waals surface area contributed by atoms with Gasteiger partial charge in [-0.05, 0) is 56.9 Å². The fraction of sp³-hybridized carbons (Fsp3) is 0.548. The van der Waals surface area contributed by atoms with Crippen molar-refractivity contribution < 1.29 is 37.7 Å². The molecule has 46 heavy (non-hydrogen) atoms. The Hall–Kier alpha value is -3.62. The number of carboxylic acid groups (broad SMARTS) is 1. The van der Waals surface area contributed by atoms with Crippen molar-refractivity contribution in [1.82, 2.24) is 23.9 Å². The van der Waals surface area contributed by atoms with E-state index < -0.39 is 52.3 Å². The molecule has 2 aromatic heterocycles. The number of hydrogen-bond donors (Lipinski definition) is 2. The summed E-state index contributed by atoms with van der Waals surface area (Å²) in [6.45, 7) is 5.46. The molecule has 0 spiro atoms. The van der Waals surface area contributed by atoms with Crippen LogP contribution in [0.25, 0.3) is 16.7 Å². The SMILES string of the molecule is CC1(C)CN(C(=O)O)[C@H](c2ccc(-n3c(Cl)cc4c(=O)n(CC5(O)CCN(C(=O)[C@@]6(C)C[C@@H]6C(F)(F)F)CC5)cnc43)cc2)CO1. The summed E-state index contributed by atoms with van der Waals surface area (Å²) in [5.41, 5.74) is -2.25. The fourth-order valence-corrected chi connectivity index (χ4v) is 7.06. The molecular weight excluding hydrogens is 631 g/mol. The Bertz CT molecular complexity index is 1750. The van der Waals surface area contributed by atoms with Crippen LogP contribution in [0, 0.1) is 11.3 Å². The summed E-state index contributed by atoms with van der Waals surface area (Å²) in [5, 5.41) is 21.5. The molecule has 1 aliphatic carbocycles. The molecule has 1 aromatic carbocycles. The zero-order valence-corrected chi connectivity index (χ0v) is 26.3. The largest absolute Gasteiger partial charge is 0.465 e. The molecule has 3 atom stereocenters. The van der Waals surface area contributed by atoms with E-state index in [1.807, 2.05) is 13.8 Å². The van der Waals surface area contributed by atoms with Crippen molar-refractivity contribution in [3.63, 3.8) is 0 Å². The highest BCUT2D eigenvalue weighted by Crippen LogP contribution is 2.61. The van der Waals surface area contributed by atoms with Gasteiger partial charge in [0.25, 0.3) is 5.56 Å². The average molecular weight is 666 g/mol. The first-order valence-electron chi connectivity index (χ1n) is 15.0. The molecule has 2 N–H and O–H groups in total. The lowest BCUT2D eigenvalue weighted by molar-refractivity contribution is -0.165. The third kappa shape index (κ3) is 5.75. The highest BCUT2D eigenvalue weighted by Gasteiger charge is 2.68. The molecule has 3 fully saturated rings. The standard InChI is InChI=1S/C31H35ClF3N5O6/c1-28(2)15-39(27(43)44)21(14-46-28)18-4-6-19(7-5-18)40-23(32)12-20-24(40)36-17-38(25(20)41)16-30(45)8-10-37(11-9-30)26(42)29(3)13-22(29)31(33,34)35/h4-7,12,17,21-22,45H,8-11,13-16H2,1-3H3,(H,43,44)/t21-,22-,29-/m0/s1. The van der Waals surface area contributed by atoms with E-state index in [0.29, 0.717) is 11.3 Å². The molecule has 2 amide bonds. The molecule has 0 bridgehead atoms. The van der Waals surface area contributed by atoms with Gasteiger partial charge in [-0.15, -0.1) is 0 Å². The second-order valence-electron chi connectivity index (χ2n) is 13.5. The summed E-state index contributed by atoms with van der Waals surface area (Å²) in [5.74, 6) is -2.21. The maximum Gasteiger partial charge on any atom is 0.407 e. The van der Waals surface area contributed by atoms with E-state index in [-0.39, 0.29) is 62.6 Å². The summed E-state index contributed by atoms with van der Waals surface area (Å²) in [7, 11) is 0. The number of carbonyl (C=O) groups is 2. The van der Waals surface area contributed by atoms with Gasteiger partial charge in [-0.3, -0.25) is 23.6 Å². The van der Waals surface area contributed by atoms with Crippen LogP contribution < -0.4 is 5.56 Å². The van der Waals surface area contributed by atoms with Crippen LogP contribution in [0.1, 0.15) is 51.6 Å². The Balaban J connectivity index is 1.17. The van der Waals surface area contributed by atoms with E-state index in [2.05, 4.69) is 4.98 Å². The topological polar surface area (TPSA) is 130 Å². The first kappa shape index (κ1) is 32.3. The second-order valence-corrected chi connectivity index (χ2v) is 13.9. The van der Waals surface area contributed by atoms with Crippen LogP contribution in [0.15, 0.2) is 41.5 Å². The molecule has 2 aliphatic heterocycles. The van der Waals surface area contributed by atoms with Gasteiger partial charge < -0.3 is 19.8 Å². The molecule has 15 heteroatoms. The van der Waals surface area contributed by atoms with Crippen LogP contribution >= 0.6 is 11.6 Å². The number of fused-ring (bicyclic) bond motifs is 1. The number of halogens is 4. The molecule has 248 valence electrons. The minimum atomic E-state index is -4.43. The van der Waals surface area contributed by atoms with Crippen molar-refractivity contribution >= 4 is 34.6 Å². The third-order valence-electron chi connectivity index (χ3n) is 9.65. The molecule has 1 saturated carbocycles. The Kier molecular flexibility index (Phi) is 7.72. The smallest absolute Gasteiger partial charge is 0.407 e. The van der Waals surface area contributed by atoms with Crippen molar-refractivity contribution in [2.24, 2.45) is 11.3 Å². The summed E-state index contributed by atoms with van der Waals surface area (Å²) in [4.78, 5) is 45.5. The van der Waals surface area contributed by atoms with Gasteiger partial charge in [0, 0.05) is 18.8 Å². The van der Waals surface area contributed by atoms with Gasteiger partial charge in [-0.25, -0.2) is 9.78 Å². The monoisotopic (exact) mass is 665 g/mol. The van der Waals surface area contributed by atoms with E-state index in [1.165, 1.54) is 33.7 Å². The van der Waals surface area contributed by atoms with Crippen molar-refractivity contribution in [2.45, 2.75) is 70.0 Å². The lowest BCUT2D eigenvalue weighted by Gasteiger charge is -2.42. The number of nitrogens with zero attached hydrogens (tertiary/aromatic N) is 5. The maximum atomic E-state index is 13.5. The number of hydrogen-bond acceptors (Lipinski definition) is 6. The number of amides is 2. The lowest BCUT2D eigenvalue weighted by atomic mass is 9.90. The van der Waals surface area contributed by atoms with Crippen LogP contribution in [0.4, 0.5) is 18.0 Å². The van der Waals surface area contributed by atoms with Gasteiger partial charge in [0.15, 0.2) is 5.65 Å². The van der Waals surface area contributed by atoms with Crippen LogP contribution in [0.5, 0.6) is 0 Å². The minimum Gasteiger partial charge on any atom is -0.465 e. The van der Waals surface area contributed by atoms with Crippen LogP contribution in [-0.2, 0) is 16.1 Å². The number of carbonyl (C=O) groups excluding carboxylic acids is 1. The summed E-state index contributed by atoms with van der Waals surface area (Å²) < 4.78 is 48.2. The predicted molar refractivity (Wildman–Crippen MR) is 161 cm³/mol. The Morgan fingerprint density at radius 1 is 1.13 bits per heavy atom. The maximum absolute atomic E-state index is 13.5. The fourth-order valence-electron chi connectivity index (χ4n) is 6.77. The molecule has 3 aromatic rings. The number of morpholine rings is 1. The summed E-state index contributed by atoms with van der Waals surface area (Å²) in [6.07, 6.45) is -4.21. The number of piperidine rings is 1. The zero-order valence-electron chi connectivity index (χ0n) is 25.6. The molecule has 3 aliphatic rings. The molecule has 4 heterocycles. The van der Waals surface area contributed by atoms with E-state index in [4.69, 9.17) is 16.3 Å². The van der Waals surface area contributed by atoms with Gasteiger partial charge in [0.1, 0.15) is 11.5 Å². The van der Waals surface area contributed by atoms with E-state index >= 15 is 0 Å². The Labute approximate surface area is 267 Å². The summed E-state index contributed by atoms with van der Waals surface area (Å²) >= 11 is 6.57. The number of aromatic nitrogens is 3. The highest BCUT2D eigenvalue weighted by molar-refractivity contribution is 6.31. The number of aliphatic hydroxyl groups is 1. The number of alkyl halides is 3. The Morgan fingerprint density at radius 2 is 1.78 bits per heavy atom.